The highest BCUT2D eigenvalue weighted by molar-refractivity contribution is 5.74. The van der Waals surface area contributed by atoms with Crippen molar-refractivity contribution in [2.75, 3.05) is 20.8 Å². The van der Waals surface area contributed by atoms with Crippen LogP contribution in [0.4, 0.5) is 4.79 Å². The van der Waals surface area contributed by atoms with Gasteiger partial charge in [-0.1, -0.05) is 6.07 Å². The molecule has 6 heteroatoms. The summed E-state index contributed by atoms with van der Waals surface area (Å²) in [6.45, 7) is 3.17. The number of carbonyl (C=O) groups is 1. The fourth-order valence-electron chi connectivity index (χ4n) is 2.52. The summed E-state index contributed by atoms with van der Waals surface area (Å²) in [6, 6.07) is 5.38. The van der Waals surface area contributed by atoms with Gasteiger partial charge in [0.05, 0.1) is 26.4 Å². The molecule has 1 aliphatic rings. The van der Waals surface area contributed by atoms with Crippen LogP contribution in [0.1, 0.15) is 25.3 Å². The Hall–Kier alpha value is -1.95. The van der Waals surface area contributed by atoms with Gasteiger partial charge in [0.2, 0.25) is 0 Å². The van der Waals surface area contributed by atoms with Crippen LogP contribution in [0.2, 0.25) is 0 Å². The van der Waals surface area contributed by atoms with Gasteiger partial charge >= 0.3 is 6.03 Å². The van der Waals surface area contributed by atoms with Crippen molar-refractivity contribution in [2.45, 2.75) is 38.5 Å². The third-order valence-corrected chi connectivity index (χ3v) is 3.78. The van der Waals surface area contributed by atoms with Crippen molar-refractivity contribution in [3.63, 3.8) is 0 Å². The van der Waals surface area contributed by atoms with E-state index < -0.39 is 0 Å². The largest absolute Gasteiger partial charge is 0.493 e. The van der Waals surface area contributed by atoms with Crippen molar-refractivity contribution < 1.29 is 19.0 Å². The van der Waals surface area contributed by atoms with Gasteiger partial charge in [-0.3, -0.25) is 0 Å². The van der Waals surface area contributed by atoms with Gasteiger partial charge in [0.1, 0.15) is 0 Å². The SMILES string of the molecule is COc1ccc(CNC(=O)NC(C)C2CCCO2)cc1OC. The number of ether oxygens (including phenoxy) is 3. The molecule has 1 saturated heterocycles. The maximum Gasteiger partial charge on any atom is 0.315 e. The Bertz CT molecular complexity index is 501. The molecule has 1 aromatic rings. The van der Waals surface area contributed by atoms with Gasteiger partial charge < -0.3 is 24.8 Å². The van der Waals surface area contributed by atoms with Crippen LogP contribution in [-0.4, -0.2) is 39.0 Å². The van der Waals surface area contributed by atoms with E-state index in [2.05, 4.69) is 10.6 Å². The van der Waals surface area contributed by atoms with Crippen LogP contribution in [0.25, 0.3) is 0 Å². The molecule has 122 valence electrons. The normalized spacial score (nSPS) is 18.6. The van der Waals surface area contributed by atoms with Crippen LogP contribution in [0.5, 0.6) is 11.5 Å². The average molecular weight is 308 g/mol. The molecule has 0 spiro atoms. The summed E-state index contributed by atoms with van der Waals surface area (Å²) in [4.78, 5) is 11.9. The van der Waals surface area contributed by atoms with Crippen LogP contribution >= 0.6 is 0 Å². The van der Waals surface area contributed by atoms with Gasteiger partial charge in [0.25, 0.3) is 0 Å². The van der Waals surface area contributed by atoms with Crippen LogP contribution in [0, 0.1) is 0 Å². The number of urea groups is 1. The van der Waals surface area contributed by atoms with Crippen molar-refractivity contribution in [2.24, 2.45) is 0 Å². The van der Waals surface area contributed by atoms with Gasteiger partial charge in [-0.15, -0.1) is 0 Å². The minimum atomic E-state index is -0.196. The Morgan fingerprint density at radius 3 is 2.77 bits per heavy atom. The first-order chi connectivity index (χ1) is 10.6. The molecule has 1 aliphatic heterocycles. The molecule has 1 fully saturated rings. The third kappa shape index (κ3) is 4.27. The summed E-state index contributed by atoms with van der Waals surface area (Å²) in [7, 11) is 3.18. The molecule has 0 bridgehead atoms. The van der Waals surface area contributed by atoms with Gasteiger partial charge in [-0.25, -0.2) is 4.79 Å². The lowest BCUT2D eigenvalue weighted by atomic mass is 10.1. The van der Waals surface area contributed by atoms with Crippen molar-refractivity contribution >= 4 is 6.03 Å². The minimum absolute atomic E-state index is 0.00732. The van der Waals surface area contributed by atoms with Crippen LogP contribution in [0.3, 0.4) is 0 Å². The van der Waals surface area contributed by atoms with Gasteiger partial charge in [0, 0.05) is 13.2 Å². The zero-order valence-corrected chi connectivity index (χ0v) is 13.3. The van der Waals surface area contributed by atoms with E-state index in [1.807, 2.05) is 25.1 Å². The Kier molecular flexibility index (Phi) is 5.89. The maximum absolute atomic E-state index is 11.9. The summed E-state index contributed by atoms with van der Waals surface area (Å²) >= 11 is 0. The van der Waals surface area contributed by atoms with E-state index in [9.17, 15) is 4.79 Å². The monoisotopic (exact) mass is 308 g/mol. The van der Waals surface area contributed by atoms with Crippen molar-refractivity contribution in [1.29, 1.82) is 0 Å². The highest BCUT2D eigenvalue weighted by atomic mass is 16.5. The number of rotatable bonds is 6. The second kappa shape index (κ2) is 7.89. The lowest BCUT2D eigenvalue weighted by molar-refractivity contribution is 0.0860. The Morgan fingerprint density at radius 2 is 2.14 bits per heavy atom. The average Bonchev–Trinajstić information content (AvgIpc) is 3.07. The summed E-state index contributed by atoms with van der Waals surface area (Å²) < 4.78 is 16.0. The lowest BCUT2D eigenvalue weighted by Gasteiger charge is -2.20. The second-order valence-electron chi connectivity index (χ2n) is 5.36. The Balaban J connectivity index is 1.82. The van der Waals surface area contributed by atoms with E-state index in [1.54, 1.807) is 14.2 Å². The zero-order valence-electron chi connectivity index (χ0n) is 13.3. The fourth-order valence-corrected chi connectivity index (χ4v) is 2.52. The van der Waals surface area contributed by atoms with Crippen LogP contribution in [0.15, 0.2) is 18.2 Å². The van der Waals surface area contributed by atoms with E-state index in [0.717, 1.165) is 25.0 Å². The lowest BCUT2D eigenvalue weighted by Crippen LogP contribution is -2.45. The molecular weight excluding hydrogens is 284 g/mol. The Morgan fingerprint density at radius 1 is 1.36 bits per heavy atom. The predicted molar refractivity (Wildman–Crippen MR) is 83.4 cm³/mol. The molecule has 0 radical (unpaired) electrons. The molecular formula is C16H24N2O4. The van der Waals surface area contributed by atoms with Gasteiger partial charge in [-0.2, -0.15) is 0 Å². The fraction of sp³-hybridized carbons (Fsp3) is 0.562. The molecule has 2 N–H and O–H groups in total. The van der Waals surface area contributed by atoms with Crippen LogP contribution < -0.4 is 20.1 Å². The first-order valence-corrected chi connectivity index (χ1v) is 7.51. The van der Waals surface area contributed by atoms with E-state index in [0.29, 0.717) is 18.0 Å². The number of amides is 2. The molecule has 0 aromatic heterocycles. The Labute approximate surface area is 131 Å². The topological polar surface area (TPSA) is 68.8 Å². The first-order valence-electron chi connectivity index (χ1n) is 7.51. The smallest absolute Gasteiger partial charge is 0.315 e. The highest BCUT2D eigenvalue weighted by Crippen LogP contribution is 2.27. The standard InChI is InChI=1S/C16H24N2O4/c1-11(13-5-4-8-22-13)18-16(19)17-10-12-6-7-14(20-2)15(9-12)21-3/h6-7,9,11,13H,4-5,8,10H2,1-3H3,(H2,17,18,19). The second-order valence-corrected chi connectivity index (χ2v) is 5.36. The molecule has 1 aromatic carbocycles. The number of benzene rings is 1. The number of carbonyl (C=O) groups excluding carboxylic acids is 1. The molecule has 2 unspecified atom stereocenters. The first kappa shape index (κ1) is 16.4. The minimum Gasteiger partial charge on any atom is -0.493 e. The van der Waals surface area contributed by atoms with Crippen molar-refractivity contribution in [3.05, 3.63) is 23.8 Å². The zero-order chi connectivity index (χ0) is 15.9. The quantitative estimate of drug-likeness (QED) is 0.844. The molecule has 2 atom stereocenters. The van der Waals surface area contributed by atoms with E-state index >= 15 is 0 Å². The summed E-state index contributed by atoms with van der Waals surface area (Å²) in [5, 5.41) is 5.75. The molecule has 2 amide bonds. The van der Waals surface area contributed by atoms with E-state index in [-0.39, 0.29) is 18.2 Å². The van der Waals surface area contributed by atoms with Gasteiger partial charge in [-0.05, 0) is 37.5 Å². The number of methoxy groups -OCH3 is 2. The molecule has 2 rings (SSSR count). The third-order valence-electron chi connectivity index (χ3n) is 3.78. The van der Waals surface area contributed by atoms with Crippen LogP contribution in [-0.2, 0) is 11.3 Å². The number of hydrogen-bond donors (Lipinski definition) is 2. The molecule has 0 saturated carbocycles. The molecule has 1 heterocycles. The molecule has 22 heavy (non-hydrogen) atoms. The van der Waals surface area contributed by atoms with E-state index in [1.165, 1.54) is 0 Å². The number of hydrogen-bond acceptors (Lipinski definition) is 4. The highest BCUT2D eigenvalue weighted by Gasteiger charge is 2.23. The summed E-state index contributed by atoms with van der Waals surface area (Å²) in [5.41, 5.74) is 0.942. The van der Waals surface area contributed by atoms with E-state index in [4.69, 9.17) is 14.2 Å². The summed E-state index contributed by atoms with van der Waals surface area (Å²) in [5.74, 6) is 1.32. The molecule has 6 nitrogen and oxygen atoms in total. The summed E-state index contributed by atoms with van der Waals surface area (Å²) in [6.07, 6.45) is 2.17. The van der Waals surface area contributed by atoms with Gasteiger partial charge in [0.15, 0.2) is 11.5 Å². The maximum atomic E-state index is 11.9. The number of nitrogens with one attached hydrogen (secondary N) is 2. The predicted octanol–water partition coefficient (Wildman–Crippen LogP) is 2.07. The molecule has 0 aliphatic carbocycles. The van der Waals surface area contributed by atoms with Crippen molar-refractivity contribution in [3.8, 4) is 11.5 Å². The van der Waals surface area contributed by atoms with Crippen molar-refractivity contribution in [1.82, 2.24) is 10.6 Å².